The van der Waals surface area contributed by atoms with Gasteiger partial charge in [-0.1, -0.05) is 48.5 Å². The quantitative estimate of drug-likeness (QED) is 0.241. The molecule has 0 unspecified atom stereocenters. The molecule has 4 aromatic rings. The molecule has 0 atom stereocenters. The Morgan fingerprint density at radius 1 is 0.355 bits per heavy atom. The second-order valence-corrected chi connectivity index (χ2v) is 6.98. The van der Waals surface area contributed by atoms with Crippen LogP contribution in [-0.2, 0) is 84.7 Å². The van der Waals surface area contributed by atoms with E-state index in [1.165, 1.54) is 33.4 Å². The molecule has 4 heteroatoms. The molecule has 0 N–H and O–H groups in total. The zero-order valence-corrected chi connectivity index (χ0v) is 34.0. The van der Waals surface area contributed by atoms with Crippen molar-refractivity contribution in [1.82, 2.24) is 0 Å². The molecule has 0 spiro atoms. The van der Waals surface area contributed by atoms with Gasteiger partial charge in [-0.25, -0.2) is 0 Å². The van der Waals surface area contributed by atoms with Crippen molar-refractivity contribution in [3.05, 3.63) is 143 Å². The minimum Gasteiger partial charge on any atom is -0.184 e. The van der Waals surface area contributed by atoms with E-state index in [-0.39, 0.29) is 182 Å². The third kappa shape index (κ3) is 12.0. The van der Waals surface area contributed by atoms with Gasteiger partial charge in [0.25, 0.3) is 0 Å². The molecule has 0 bridgehead atoms. The van der Waals surface area contributed by atoms with Crippen molar-refractivity contribution < 1.29 is 65.4 Å². The Bertz CT molecular complexity index is 888. The smallest absolute Gasteiger partial charge is 0 e. The number of benzene rings is 4. The summed E-state index contributed by atoms with van der Waals surface area (Å²) in [5.74, 6) is 0. The molecule has 0 fully saturated rings. The molecular formula is C27H22Rb2Y2-2. The molecule has 0 heterocycles. The fourth-order valence-electron chi connectivity index (χ4n) is 3.34. The van der Waals surface area contributed by atoms with Gasteiger partial charge in [0.05, 0.1) is 0 Å². The van der Waals surface area contributed by atoms with Gasteiger partial charge in [-0.15, -0.1) is 0 Å². The Hall–Kier alpha value is 2.70. The summed E-state index contributed by atoms with van der Waals surface area (Å²) in [4.78, 5) is 0. The van der Waals surface area contributed by atoms with Crippen LogP contribution >= 0.6 is 0 Å². The molecule has 0 aromatic heterocycles. The monoisotopic (exact) mass is 694 g/mol. The normalized spacial score (nSPS) is 9.29. The van der Waals surface area contributed by atoms with Gasteiger partial charge in [-0.05, 0) is 41.5 Å². The first-order valence-electron chi connectivity index (χ1n) is 9.41. The van der Waals surface area contributed by atoms with E-state index < -0.39 is 0 Å². The van der Waals surface area contributed by atoms with Crippen molar-refractivity contribution in [2.24, 2.45) is 0 Å². The summed E-state index contributed by atoms with van der Waals surface area (Å²) in [6.45, 7) is 0. The van der Waals surface area contributed by atoms with Crippen LogP contribution < -0.4 is 0 Å². The van der Waals surface area contributed by atoms with Crippen molar-refractivity contribution in [1.29, 1.82) is 0 Å². The third-order valence-electron chi connectivity index (χ3n) is 4.85. The first-order valence-corrected chi connectivity index (χ1v) is 9.41. The van der Waals surface area contributed by atoms with Gasteiger partial charge < -0.3 is 0 Å². The van der Waals surface area contributed by atoms with Crippen molar-refractivity contribution in [2.45, 2.75) is 19.3 Å². The second-order valence-electron chi connectivity index (χ2n) is 6.98. The van der Waals surface area contributed by atoms with Crippen LogP contribution in [0.3, 0.4) is 0 Å². The molecule has 140 valence electrons. The summed E-state index contributed by atoms with van der Waals surface area (Å²) in [5, 5.41) is 0. The minimum absolute atomic E-state index is 0. The average Bonchev–Trinajstić information content (AvgIpc) is 2.73. The maximum Gasteiger partial charge on any atom is 0 e. The van der Waals surface area contributed by atoms with Gasteiger partial charge >= 0.3 is 0 Å². The van der Waals surface area contributed by atoms with Crippen molar-refractivity contribution >= 4 is 116 Å². The van der Waals surface area contributed by atoms with Gasteiger partial charge in [0.2, 0.25) is 0 Å². The molecule has 4 rings (SSSR count). The maximum absolute atomic E-state index is 3.07. The topological polar surface area (TPSA) is 0 Å². The predicted molar refractivity (Wildman–Crippen MR) is 123 cm³/mol. The first-order chi connectivity index (χ1) is 13.3. The minimum atomic E-state index is 0. The molecule has 0 aliphatic rings. The fourth-order valence-corrected chi connectivity index (χ4v) is 3.34. The van der Waals surface area contributed by atoms with Crippen LogP contribution in [0, 0.1) is 12.1 Å². The summed E-state index contributed by atoms with van der Waals surface area (Å²) < 4.78 is 0. The second kappa shape index (κ2) is 18.9. The number of hydrogen-bond acceptors (Lipinski definition) is 0. The standard InChI is InChI=1S/C27H22.2Rb.2Y/c1-3-7-22(8-4-1)19-24-11-15-26(16-12-24)21-27-17-13-25(14-18-27)20-23-9-5-2-6-10-23;;;;/h3-18H,19-21H2;;;;/q-2;;;;. The zero-order chi connectivity index (χ0) is 18.3. The maximum atomic E-state index is 3.07. The van der Waals surface area contributed by atoms with Crippen LogP contribution in [0.5, 0.6) is 0 Å². The van der Waals surface area contributed by atoms with E-state index in [0.29, 0.717) is 0 Å². The Labute approximate surface area is 335 Å². The van der Waals surface area contributed by atoms with Crippen molar-refractivity contribution in [2.75, 3.05) is 0 Å². The summed E-state index contributed by atoms with van der Waals surface area (Å²) in [6.07, 6.45) is 2.92. The number of rotatable bonds is 6. The Balaban J connectivity index is 0.00000225. The predicted octanol–water partition coefficient (Wildman–Crippen LogP) is 5.29. The fraction of sp³-hybridized carbons (Fsp3) is 0.111. The van der Waals surface area contributed by atoms with E-state index in [1.54, 1.807) is 0 Å². The summed E-state index contributed by atoms with van der Waals surface area (Å²) >= 11 is 0. The van der Waals surface area contributed by atoms with Crippen molar-refractivity contribution in [3.63, 3.8) is 0 Å². The van der Waals surface area contributed by atoms with E-state index in [2.05, 4.69) is 84.9 Å². The van der Waals surface area contributed by atoms with Gasteiger partial charge in [0.1, 0.15) is 0 Å². The molecule has 0 aliphatic heterocycles. The van der Waals surface area contributed by atoms with Gasteiger partial charge in [0.15, 0.2) is 0 Å². The molecule has 0 amide bonds. The van der Waals surface area contributed by atoms with E-state index in [0.717, 1.165) is 19.3 Å². The van der Waals surface area contributed by atoms with Crippen LogP contribution in [0.1, 0.15) is 33.4 Å². The van der Waals surface area contributed by atoms with Gasteiger partial charge in [0, 0.05) is 182 Å². The van der Waals surface area contributed by atoms with Crippen LogP contribution in [0.15, 0.2) is 97.1 Å². The Morgan fingerprint density at radius 2 is 0.548 bits per heavy atom. The SMILES string of the molecule is [Rb].[Rb].[Y].[Y].[c-]1ccc(Cc2ccc(Cc3ccc(Cc4cc[c-]cc4)cc3)cc2)cc1. The summed E-state index contributed by atoms with van der Waals surface area (Å²) in [7, 11) is 0. The molecule has 0 saturated carbocycles. The Kier molecular flexibility index (Phi) is 20.5. The molecule has 4 aromatic carbocycles. The number of hydrogen-bond donors (Lipinski definition) is 0. The van der Waals surface area contributed by atoms with E-state index in [1.807, 2.05) is 24.3 Å². The summed E-state index contributed by atoms with van der Waals surface area (Å²) in [5.41, 5.74) is 8.06. The van der Waals surface area contributed by atoms with Crippen LogP contribution in [0.4, 0.5) is 0 Å². The first kappa shape index (κ1) is 33.7. The molecular weight excluding hydrogens is 673 g/mol. The van der Waals surface area contributed by atoms with Crippen LogP contribution in [0.2, 0.25) is 0 Å². The largest absolute Gasteiger partial charge is 0.184 e. The third-order valence-corrected chi connectivity index (χ3v) is 4.85. The molecule has 0 nitrogen and oxygen atoms in total. The van der Waals surface area contributed by atoms with Gasteiger partial charge in [-0.2, -0.15) is 71.8 Å². The van der Waals surface area contributed by atoms with Crippen molar-refractivity contribution in [3.8, 4) is 0 Å². The van der Waals surface area contributed by atoms with Crippen LogP contribution in [0.25, 0.3) is 0 Å². The molecule has 31 heavy (non-hydrogen) atoms. The van der Waals surface area contributed by atoms with Gasteiger partial charge in [-0.3, -0.25) is 0 Å². The average molecular weight is 695 g/mol. The molecule has 4 radical (unpaired) electrons. The van der Waals surface area contributed by atoms with Crippen LogP contribution in [-0.4, -0.2) is 116 Å². The summed E-state index contributed by atoms with van der Waals surface area (Å²) in [6, 6.07) is 40.5. The molecule has 0 aliphatic carbocycles. The zero-order valence-electron chi connectivity index (χ0n) is 18.5. The van der Waals surface area contributed by atoms with E-state index in [4.69, 9.17) is 0 Å². The van der Waals surface area contributed by atoms with E-state index >= 15 is 0 Å². The Morgan fingerprint density at radius 3 is 0.774 bits per heavy atom. The van der Waals surface area contributed by atoms with E-state index in [9.17, 15) is 0 Å². The molecule has 0 saturated heterocycles.